The molecule has 1 fully saturated rings. The Morgan fingerprint density at radius 3 is 2.50 bits per heavy atom. The molecular weight excluding hydrogens is 442 g/mol. The van der Waals surface area contributed by atoms with Crippen LogP contribution < -0.4 is 14.8 Å². The van der Waals surface area contributed by atoms with Crippen molar-refractivity contribution >= 4 is 46.3 Å². The Balaban J connectivity index is 1.76. The molecule has 12 heteroatoms. The topological polar surface area (TPSA) is 148 Å². The zero-order valence-electron chi connectivity index (χ0n) is 16.9. The molecule has 3 rings (SSSR count). The fourth-order valence-corrected chi connectivity index (χ4v) is 3.64. The van der Waals surface area contributed by atoms with Crippen LogP contribution in [0.2, 0.25) is 0 Å². The van der Waals surface area contributed by atoms with Gasteiger partial charge in [0.25, 0.3) is 11.1 Å². The average molecular weight is 459 g/mol. The first-order chi connectivity index (χ1) is 15.2. The number of carbonyl (C=O) groups excluding carboxylic acids is 3. The molecule has 1 aliphatic rings. The van der Waals surface area contributed by atoms with Crippen LogP contribution in [0.4, 0.5) is 16.2 Å². The van der Waals surface area contributed by atoms with Gasteiger partial charge in [-0.3, -0.25) is 29.4 Å². The van der Waals surface area contributed by atoms with E-state index in [0.29, 0.717) is 23.2 Å². The Labute approximate surface area is 185 Å². The Hall–Kier alpha value is -4.06. The Morgan fingerprint density at radius 2 is 1.91 bits per heavy atom. The van der Waals surface area contributed by atoms with Gasteiger partial charge in [0.05, 0.1) is 24.0 Å². The monoisotopic (exact) mass is 459 g/mol. The fourth-order valence-electron chi connectivity index (χ4n) is 2.80. The number of nitro groups is 1. The summed E-state index contributed by atoms with van der Waals surface area (Å²) >= 11 is 0.591. The third-order valence-electron chi connectivity index (χ3n) is 4.34. The van der Waals surface area contributed by atoms with Crippen molar-refractivity contribution in [2.45, 2.75) is 0 Å². The van der Waals surface area contributed by atoms with Crippen molar-refractivity contribution in [1.29, 1.82) is 0 Å². The summed E-state index contributed by atoms with van der Waals surface area (Å²) in [5, 5.41) is 22.9. The fraction of sp³-hybridized carbons (Fsp3) is 0.150. The van der Waals surface area contributed by atoms with Gasteiger partial charge in [0.1, 0.15) is 12.3 Å². The molecule has 2 N–H and O–H groups in total. The van der Waals surface area contributed by atoms with E-state index in [-0.39, 0.29) is 16.2 Å². The van der Waals surface area contributed by atoms with Gasteiger partial charge >= 0.3 is 5.69 Å². The predicted octanol–water partition coefficient (Wildman–Crippen LogP) is 2.99. The van der Waals surface area contributed by atoms with E-state index in [9.17, 15) is 29.6 Å². The van der Waals surface area contributed by atoms with Crippen molar-refractivity contribution < 1.29 is 33.9 Å². The minimum atomic E-state index is -0.801. The lowest BCUT2D eigenvalue weighted by molar-refractivity contribution is -0.386. The molecule has 2 aromatic rings. The summed E-state index contributed by atoms with van der Waals surface area (Å²) in [6.45, 7) is -0.507. The maximum atomic E-state index is 12.6. The van der Waals surface area contributed by atoms with Crippen molar-refractivity contribution in [3.05, 3.63) is 57.0 Å². The molecule has 0 aliphatic carbocycles. The molecule has 1 heterocycles. The third-order valence-corrected chi connectivity index (χ3v) is 5.25. The lowest BCUT2D eigenvalue weighted by Gasteiger charge is -2.12. The van der Waals surface area contributed by atoms with Crippen LogP contribution >= 0.6 is 11.8 Å². The molecule has 1 saturated heterocycles. The van der Waals surface area contributed by atoms with Crippen LogP contribution in [-0.2, 0) is 9.59 Å². The molecule has 0 spiro atoms. The standard InChI is InChI=1S/C20H17N3O8S/c1-30-13-5-3-12(4-6-13)21-17(24)10-22-19(26)16(32-20(22)27)9-11-7-14(23(28)29)18(25)15(8-11)31-2/h3-9,25H,10H2,1-2H3,(H,21,24)/b16-9+. The molecular formula is C20H17N3O8S. The molecule has 0 bridgehead atoms. The zero-order chi connectivity index (χ0) is 23.4. The number of nitrogens with zero attached hydrogens (tertiary/aromatic N) is 2. The van der Waals surface area contributed by atoms with E-state index in [1.54, 1.807) is 24.3 Å². The maximum Gasteiger partial charge on any atom is 0.315 e. The molecule has 0 atom stereocenters. The molecule has 32 heavy (non-hydrogen) atoms. The average Bonchev–Trinajstić information content (AvgIpc) is 3.02. The van der Waals surface area contributed by atoms with Gasteiger partial charge in [-0.25, -0.2) is 0 Å². The second-order valence-corrected chi connectivity index (χ2v) is 7.39. The Morgan fingerprint density at radius 1 is 1.22 bits per heavy atom. The molecule has 11 nitrogen and oxygen atoms in total. The number of anilines is 1. The first-order valence-corrected chi connectivity index (χ1v) is 9.79. The number of phenolic OH excluding ortho intramolecular Hbond substituents is 1. The lowest BCUT2D eigenvalue weighted by Crippen LogP contribution is -2.36. The van der Waals surface area contributed by atoms with Crippen molar-refractivity contribution in [2.75, 3.05) is 26.1 Å². The number of amides is 3. The number of rotatable bonds is 7. The van der Waals surface area contributed by atoms with Crippen molar-refractivity contribution in [3.8, 4) is 17.2 Å². The van der Waals surface area contributed by atoms with Crippen LogP contribution in [0.1, 0.15) is 5.56 Å². The number of nitro benzene ring substituents is 1. The predicted molar refractivity (Wildman–Crippen MR) is 116 cm³/mol. The van der Waals surface area contributed by atoms with Gasteiger partial charge in [-0.15, -0.1) is 0 Å². The summed E-state index contributed by atoms with van der Waals surface area (Å²) < 4.78 is 9.95. The number of nitrogens with one attached hydrogen (secondary N) is 1. The number of ether oxygens (including phenoxy) is 2. The van der Waals surface area contributed by atoms with Gasteiger partial charge in [-0.1, -0.05) is 0 Å². The minimum Gasteiger partial charge on any atom is -0.500 e. The number of thioether (sulfide) groups is 1. The highest BCUT2D eigenvalue weighted by Crippen LogP contribution is 2.39. The van der Waals surface area contributed by atoms with Crippen LogP contribution in [0, 0.1) is 10.1 Å². The van der Waals surface area contributed by atoms with Crippen LogP contribution in [0.15, 0.2) is 41.3 Å². The van der Waals surface area contributed by atoms with Gasteiger partial charge in [-0.05, 0) is 53.7 Å². The van der Waals surface area contributed by atoms with E-state index >= 15 is 0 Å². The van der Waals surface area contributed by atoms with E-state index in [2.05, 4.69) is 5.32 Å². The normalized spacial score (nSPS) is 14.6. The summed E-state index contributed by atoms with van der Waals surface area (Å²) in [6.07, 6.45) is 1.25. The number of phenols is 1. The molecule has 0 aromatic heterocycles. The lowest BCUT2D eigenvalue weighted by atomic mass is 10.1. The first-order valence-electron chi connectivity index (χ1n) is 8.98. The highest BCUT2D eigenvalue weighted by molar-refractivity contribution is 8.18. The van der Waals surface area contributed by atoms with E-state index in [0.717, 1.165) is 11.0 Å². The smallest absolute Gasteiger partial charge is 0.315 e. The number of hydrogen-bond donors (Lipinski definition) is 2. The number of methoxy groups -OCH3 is 2. The van der Waals surface area contributed by atoms with Gasteiger partial charge in [0, 0.05) is 11.8 Å². The van der Waals surface area contributed by atoms with Gasteiger partial charge in [-0.2, -0.15) is 0 Å². The Kier molecular flexibility index (Phi) is 6.64. The molecule has 0 saturated carbocycles. The van der Waals surface area contributed by atoms with E-state index < -0.39 is 40.0 Å². The van der Waals surface area contributed by atoms with Crippen LogP contribution in [-0.4, -0.2) is 52.7 Å². The summed E-state index contributed by atoms with van der Waals surface area (Å²) in [4.78, 5) is 48.3. The second-order valence-electron chi connectivity index (χ2n) is 6.39. The summed E-state index contributed by atoms with van der Waals surface area (Å²) in [6, 6.07) is 8.83. The number of benzene rings is 2. The van der Waals surface area contributed by atoms with Crippen molar-refractivity contribution in [3.63, 3.8) is 0 Å². The quantitative estimate of drug-likeness (QED) is 0.362. The summed E-state index contributed by atoms with van der Waals surface area (Å²) in [7, 11) is 2.73. The number of carbonyl (C=O) groups is 3. The molecule has 3 amide bonds. The highest BCUT2D eigenvalue weighted by Gasteiger charge is 2.36. The number of imide groups is 1. The largest absolute Gasteiger partial charge is 0.500 e. The molecule has 0 unspecified atom stereocenters. The number of aromatic hydroxyl groups is 1. The van der Waals surface area contributed by atoms with E-state index in [1.807, 2.05) is 0 Å². The van der Waals surface area contributed by atoms with E-state index in [1.165, 1.54) is 26.4 Å². The Bertz CT molecular complexity index is 1130. The SMILES string of the molecule is COc1ccc(NC(=O)CN2C(=O)S/C(=C/c3cc(OC)c(O)c([N+](=O)[O-])c3)C2=O)cc1. The van der Waals surface area contributed by atoms with Gasteiger partial charge in [0.15, 0.2) is 5.75 Å². The molecule has 166 valence electrons. The van der Waals surface area contributed by atoms with Crippen molar-refractivity contribution in [2.24, 2.45) is 0 Å². The third kappa shape index (κ3) is 4.81. The van der Waals surface area contributed by atoms with Gasteiger partial charge in [0.2, 0.25) is 11.7 Å². The summed E-state index contributed by atoms with van der Waals surface area (Å²) in [5.41, 5.74) is 0.00930. The van der Waals surface area contributed by atoms with Crippen LogP contribution in [0.3, 0.4) is 0 Å². The van der Waals surface area contributed by atoms with Crippen LogP contribution in [0.25, 0.3) is 6.08 Å². The van der Waals surface area contributed by atoms with Crippen molar-refractivity contribution in [1.82, 2.24) is 4.90 Å². The number of hydrogen-bond acceptors (Lipinski definition) is 9. The second kappa shape index (κ2) is 9.39. The van der Waals surface area contributed by atoms with Gasteiger partial charge < -0.3 is 19.9 Å². The minimum absolute atomic E-state index is 0.0331. The molecule has 2 aromatic carbocycles. The molecule has 1 aliphatic heterocycles. The molecule has 0 radical (unpaired) electrons. The summed E-state index contributed by atoms with van der Waals surface area (Å²) in [5.74, 6) is -1.52. The first kappa shape index (κ1) is 22.6. The maximum absolute atomic E-state index is 12.6. The zero-order valence-corrected chi connectivity index (χ0v) is 17.7. The highest BCUT2D eigenvalue weighted by atomic mass is 32.2. The van der Waals surface area contributed by atoms with E-state index in [4.69, 9.17) is 9.47 Å². The van der Waals surface area contributed by atoms with Crippen LogP contribution in [0.5, 0.6) is 17.2 Å².